The van der Waals surface area contributed by atoms with Crippen LogP contribution in [0.25, 0.3) is 0 Å². The van der Waals surface area contributed by atoms with Crippen LogP contribution in [0.4, 0.5) is 4.79 Å². The highest BCUT2D eigenvalue weighted by atomic mass is 16.4. The van der Waals surface area contributed by atoms with Crippen molar-refractivity contribution in [1.82, 2.24) is 20.8 Å². The number of urea groups is 1. The third-order valence-electron chi connectivity index (χ3n) is 3.41. The maximum absolute atomic E-state index is 11.7. The highest BCUT2D eigenvalue weighted by molar-refractivity contribution is 5.76. The van der Waals surface area contributed by atoms with Crippen molar-refractivity contribution in [1.29, 1.82) is 0 Å². The van der Waals surface area contributed by atoms with E-state index in [0.29, 0.717) is 13.0 Å². The summed E-state index contributed by atoms with van der Waals surface area (Å²) >= 11 is 0. The smallest absolute Gasteiger partial charge is 0.315 e. The molecule has 0 aromatic carbocycles. The number of carbonyl (C=O) groups excluding carboxylic acids is 1. The second-order valence-electron chi connectivity index (χ2n) is 4.77. The molecule has 1 aromatic rings. The number of carboxylic acids is 1. The number of carbonyl (C=O) groups is 2. The monoisotopic (exact) mass is 266 g/mol. The van der Waals surface area contributed by atoms with Crippen LogP contribution in [0.5, 0.6) is 0 Å². The number of nitrogens with zero attached hydrogens (tertiary/aromatic N) is 1. The molecule has 0 aliphatic heterocycles. The SMILES string of the molecule is O=C(NCc1cn[nH]c1)NC1CCCCC1C(=O)O. The van der Waals surface area contributed by atoms with Crippen LogP contribution < -0.4 is 10.6 Å². The van der Waals surface area contributed by atoms with E-state index in [1.54, 1.807) is 12.4 Å². The Kier molecular flexibility index (Phi) is 4.38. The van der Waals surface area contributed by atoms with Gasteiger partial charge in [0.25, 0.3) is 0 Å². The minimum atomic E-state index is -0.833. The van der Waals surface area contributed by atoms with Gasteiger partial charge in [-0.05, 0) is 12.8 Å². The third kappa shape index (κ3) is 3.70. The predicted molar refractivity (Wildman–Crippen MR) is 67.3 cm³/mol. The van der Waals surface area contributed by atoms with E-state index in [1.165, 1.54) is 0 Å². The topological polar surface area (TPSA) is 107 Å². The quantitative estimate of drug-likeness (QED) is 0.648. The summed E-state index contributed by atoms with van der Waals surface area (Å²) in [7, 11) is 0. The molecule has 7 heteroatoms. The van der Waals surface area contributed by atoms with Crippen LogP contribution in [-0.2, 0) is 11.3 Å². The molecule has 2 amide bonds. The predicted octanol–water partition coefficient (Wildman–Crippen LogP) is 0.852. The first-order valence-electron chi connectivity index (χ1n) is 6.41. The van der Waals surface area contributed by atoms with Crippen LogP contribution >= 0.6 is 0 Å². The number of hydrogen-bond donors (Lipinski definition) is 4. The number of amides is 2. The molecule has 1 fully saturated rings. The highest BCUT2D eigenvalue weighted by Gasteiger charge is 2.31. The van der Waals surface area contributed by atoms with Crippen LogP contribution in [0.3, 0.4) is 0 Å². The van der Waals surface area contributed by atoms with Gasteiger partial charge in [0.1, 0.15) is 0 Å². The van der Waals surface area contributed by atoms with Crippen molar-refractivity contribution in [2.75, 3.05) is 0 Å². The van der Waals surface area contributed by atoms with Crippen molar-refractivity contribution in [3.63, 3.8) is 0 Å². The molecule has 1 aliphatic rings. The number of aliphatic carboxylic acids is 1. The number of nitrogens with one attached hydrogen (secondary N) is 3. The van der Waals surface area contributed by atoms with Crippen molar-refractivity contribution in [3.8, 4) is 0 Å². The lowest BCUT2D eigenvalue weighted by Crippen LogP contribution is -2.48. The highest BCUT2D eigenvalue weighted by Crippen LogP contribution is 2.24. The molecule has 104 valence electrons. The van der Waals surface area contributed by atoms with Gasteiger partial charge < -0.3 is 15.7 Å². The second-order valence-corrected chi connectivity index (χ2v) is 4.77. The number of aromatic nitrogens is 2. The molecule has 1 heterocycles. The van der Waals surface area contributed by atoms with Crippen molar-refractivity contribution in [2.45, 2.75) is 38.3 Å². The Bertz CT molecular complexity index is 432. The largest absolute Gasteiger partial charge is 0.481 e. The lowest BCUT2D eigenvalue weighted by molar-refractivity contribution is -0.143. The fourth-order valence-electron chi connectivity index (χ4n) is 2.38. The summed E-state index contributed by atoms with van der Waals surface area (Å²) in [4.78, 5) is 22.8. The zero-order valence-electron chi connectivity index (χ0n) is 10.6. The lowest BCUT2D eigenvalue weighted by atomic mass is 9.84. The maximum atomic E-state index is 11.7. The average Bonchev–Trinajstić information content (AvgIpc) is 2.90. The normalized spacial score (nSPS) is 22.7. The molecule has 2 rings (SSSR count). The van der Waals surface area contributed by atoms with Gasteiger partial charge in [-0.25, -0.2) is 4.79 Å². The van der Waals surface area contributed by atoms with E-state index in [2.05, 4.69) is 20.8 Å². The Hall–Kier alpha value is -2.05. The van der Waals surface area contributed by atoms with Gasteiger partial charge >= 0.3 is 12.0 Å². The number of H-pyrrole nitrogens is 1. The van der Waals surface area contributed by atoms with Gasteiger partial charge in [0.15, 0.2) is 0 Å². The molecular formula is C12H18N4O3. The molecule has 2 atom stereocenters. The van der Waals surface area contributed by atoms with Crippen LogP contribution in [0.1, 0.15) is 31.2 Å². The standard InChI is InChI=1S/C12H18N4O3/c17-11(18)9-3-1-2-4-10(9)16-12(19)13-5-8-6-14-15-7-8/h6-7,9-10H,1-5H2,(H,14,15)(H,17,18)(H2,13,16,19). The van der Waals surface area contributed by atoms with E-state index >= 15 is 0 Å². The summed E-state index contributed by atoms with van der Waals surface area (Å²) in [6.07, 6.45) is 6.53. The molecule has 19 heavy (non-hydrogen) atoms. The third-order valence-corrected chi connectivity index (χ3v) is 3.41. The number of rotatable bonds is 4. The van der Waals surface area contributed by atoms with Gasteiger partial charge in [-0.1, -0.05) is 12.8 Å². The van der Waals surface area contributed by atoms with E-state index in [0.717, 1.165) is 24.8 Å². The van der Waals surface area contributed by atoms with Gasteiger partial charge in [0.2, 0.25) is 0 Å². The fourth-order valence-corrected chi connectivity index (χ4v) is 2.38. The van der Waals surface area contributed by atoms with Crippen LogP contribution in [0, 0.1) is 5.92 Å². The van der Waals surface area contributed by atoms with Gasteiger partial charge in [0, 0.05) is 24.3 Å². The molecule has 1 aliphatic carbocycles. The van der Waals surface area contributed by atoms with Crippen molar-refractivity contribution < 1.29 is 14.7 Å². The Balaban J connectivity index is 1.81. The van der Waals surface area contributed by atoms with E-state index in [4.69, 9.17) is 5.11 Å². The average molecular weight is 266 g/mol. The minimum Gasteiger partial charge on any atom is -0.481 e. The number of aromatic amines is 1. The molecule has 2 unspecified atom stereocenters. The summed E-state index contributed by atoms with van der Waals surface area (Å²) in [5.41, 5.74) is 0.869. The minimum absolute atomic E-state index is 0.282. The van der Waals surface area contributed by atoms with Crippen molar-refractivity contribution in [3.05, 3.63) is 18.0 Å². The van der Waals surface area contributed by atoms with Crippen LogP contribution in [0.15, 0.2) is 12.4 Å². The molecule has 1 aromatic heterocycles. The number of carboxylic acid groups (broad SMARTS) is 1. The first-order valence-corrected chi connectivity index (χ1v) is 6.41. The molecule has 0 bridgehead atoms. The van der Waals surface area contributed by atoms with E-state index in [9.17, 15) is 9.59 Å². The zero-order valence-corrected chi connectivity index (χ0v) is 10.6. The first kappa shape index (κ1) is 13.4. The van der Waals surface area contributed by atoms with Crippen molar-refractivity contribution in [2.24, 2.45) is 5.92 Å². The summed E-state index contributed by atoms with van der Waals surface area (Å²) in [5.74, 6) is -1.31. The molecule has 1 saturated carbocycles. The zero-order chi connectivity index (χ0) is 13.7. The van der Waals surface area contributed by atoms with Gasteiger partial charge in [-0.15, -0.1) is 0 Å². The van der Waals surface area contributed by atoms with E-state index in [-0.39, 0.29) is 12.1 Å². The maximum Gasteiger partial charge on any atom is 0.315 e. The molecule has 0 spiro atoms. The van der Waals surface area contributed by atoms with Crippen LogP contribution in [-0.4, -0.2) is 33.3 Å². The second kappa shape index (κ2) is 6.21. The van der Waals surface area contributed by atoms with E-state index in [1.807, 2.05) is 0 Å². The molecule has 0 radical (unpaired) electrons. The van der Waals surface area contributed by atoms with Crippen LogP contribution in [0.2, 0.25) is 0 Å². The molecular weight excluding hydrogens is 248 g/mol. The Labute approximate surface area is 110 Å². The molecule has 4 N–H and O–H groups in total. The summed E-state index contributed by atoms with van der Waals surface area (Å²) in [5, 5.41) is 21.0. The summed E-state index contributed by atoms with van der Waals surface area (Å²) in [6.45, 7) is 0.368. The summed E-state index contributed by atoms with van der Waals surface area (Å²) in [6, 6.07) is -0.616. The Morgan fingerprint density at radius 2 is 2.21 bits per heavy atom. The molecule has 0 saturated heterocycles. The molecule has 7 nitrogen and oxygen atoms in total. The summed E-state index contributed by atoms with van der Waals surface area (Å²) < 4.78 is 0. The number of hydrogen-bond acceptors (Lipinski definition) is 3. The van der Waals surface area contributed by atoms with Crippen molar-refractivity contribution >= 4 is 12.0 Å². The van der Waals surface area contributed by atoms with Gasteiger partial charge in [-0.3, -0.25) is 9.89 Å². The van der Waals surface area contributed by atoms with Gasteiger partial charge in [-0.2, -0.15) is 5.10 Å². The lowest BCUT2D eigenvalue weighted by Gasteiger charge is -2.29. The Morgan fingerprint density at radius 1 is 1.42 bits per heavy atom. The Morgan fingerprint density at radius 3 is 2.89 bits per heavy atom. The van der Waals surface area contributed by atoms with E-state index < -0.39 is 11.9 Å². The first-order chi connectivity index (χ1) is 9.16. The fraction of sp³-hybridized carbons (Fsp3) is 0.583. The van der Waals surface area contributed by atoms with Gasteiger partial charge in [0.05, 0.1) is 12.1 Å².